The Morgan fingerprint density at radius 3 is 2.47 bits per heavy atom. The molecule has 1 rings (SSSR count). The molecule has 0 aromatic heterocycles. The van der Waals surface area contributed by atoms with Crippen molar-refractivity contribution in [2.24, 2.45) is 11.3 Å². The van der Waals surface area contributed by atoms with E-state index in [1.54, 1.807) is 0 Å². The second-order valence-corrected chi connectivity index (χ2v) is 5.86. The van der Waals surface area contributed by atoms with Crippen LogP contribution in [0, 0.1) is 11.3 Å². The third-order valence-corrected chi connectivity index (χ3v) is 3.95. The van der Waals surface area contributed by atoms with E-state index in [1.165, 1.54) is 11.9 Å². The van der Waals surface area contributed by atoms with Crippen LogP contribution in [-0.2, 0) is 4.79 Å². The number of alkyl halides is 3. The van der Waals surface area contributed by atoms with Crippen LogP contribution >= 0.6 is 0 Å². The van der Waals surface area contributed by atoms with Gasteiger partial charge in [0, 0.05) is 19.0 Å². The molecule has 0 aromatic rings. The van der Waals surface area contributed by atoms with Gasteiger partial charge in [-0.15, -0.1) is 0 Å². The summed E-state index contributed by atoms with van der Waals surface area (Å²) in [5, 5.41) is 3.24. The molecule has 1 amide bonds. The number of nitrogens with one attached hydrogen (secondary N) is 1. The minimum atomic E-state index is -4.22. The largest absolute Gasteiger partial charge is 0.390 e. The molecule has 0 bridgehead atoms. The number of carbonyl (C=O) groups excluding carboxylic acids is 1. The second kappa shape index (κ2) is 6.11. The molecule has 1 saturated heterocycles. The maximum atomic E-state index is 12.3. The molecule has 112 valence electrons. The number of hydrogen-bond acceptors (Lipinski definition) is 2. The van der Waals surface area contributed by atoms with Crippen LogP contribution in [0.1, 0.15) is 33.1 Å². The van der Waals surface area contributed by atoms with Gasteiger partial charge in [0.1, 0.15) is 0 Å². The molecule has 0 spiro atoms. The smallest absolute Gasteiger partial charge is 0.345 e. The van der Waals surface area contributed by atoms with Gasteiger partial charge in [0.15, 0.2) is 0 Å². The Morgan fingerprint density at radius 1 is 1.37 bits per heavy atom. The Kier molecular flexibility index (Phi) is 5.24. The van der Waals surface area contributed by atoms with E-state index in [0.717, 1.165) is 25.9 Å². The minimum absolute atomic E-state index is 0.182. The summed E-state index contributed by atoms with van der Waals surface area (Å²) in [5.74, 6) is -0.0208. The van der Waals surface area contributed by atoms with Gasteiger partial charge in [0.25, 0.3) is 0 Å². The standard InChI is InChI=1S/C13H23F3N2O/c1-12(2,10-5-4-7-17-9-10)11(19)18(3)8-6-13(14,15)16/h10,17H,4-9H2,1-3H3. The molecule has 1 N–H and O–H groups in total. The molecule has 1 aliphatic heterocycles. The molecule has 0 radical (unpaired) electrons. The fraction of sp³-hybridized carbons (Fsp3) is 0.923. The van der Waals surface area contributed by atoms with Crippen LogP contribution in [0.3, 0.4) is 0 Å². The summed E-state index contributed by atoms with van der Waals surface area (Å²) in [6.45, 7) is 5.09. The van der Waals surface area contributed by atoms with E-state index in [9.17, 15) is 18.0 Å². The molecule has 19 heavy (non-hydrogen) atoms. The van der Waals surface area contributed by atoms with Crippen molar-refractivity contribution in [1.82, 2.24) is 10.2 Å². The summed E-state index contributed by atoms with van der Waals surface area (Å²) in [5.41, 5.74) is -0.617. The average Bonchev–Trinajstić information content (AvgIpc) is 2.35. The number of rotatable bonds is 4. The zero-order valence-corrected chi connectivity index (χ0v) is 11.8. The zero-order valence-electron chi connectivity index (χ0n) is 11.8. The van der Waals surface area contributed by atoms with Crippen molar-refractivity contribution in [3.63, 3.8) is 0 Å². The quantitative estimate of drug-likeness (QED) is 0.857. The van der Waals surface area contributed by atoms with E-state index in [0.29, 0.717) is 0 Å². The highest BCUT2D eigenvalue weighted by Gasteiger charge is 2.39. The average molecular weight is 280 g/mol. The van der Waals surface area contributed by atoms with E-state index >= 15 is 0 Å². The van der Waals surface area contributed by atoms with Crippen molar-refractivity contribution in [2.75, 3.05) is 26.7 Å². The van der Waals surface area contributed by atoms with Crippen LogP contribution in [-0.4, -0.2) is 43.7 Å². The summed E-state index contributed by atoms with van der Waals surface area (Å²) in [6.07, 6.45) is -3.22. The van der Waals surface area contributed by atoms with Crippen molar-refractivity contribution in [2.45, 2.75) is 39.3 Å². The van der Waals surface area contributed by atoms with Crippen molar-refractivity contribution in [1.29, 1.82) is 0 Å². The number of carbonyl (C=O) groups is 1. The zero-order chi connectivity index (χ0) is 14.7. The van der Waals surface area contributed by atoms with Crippen LogP contribution in [0.25, 0.3) is 0 Å². The number of nitrogens with zero attached hydrogens (tertiary/aromatic N) is 1. The fourth-order valence-corrected chi connectivity index (χ4v) is 2.53. The molecule has 1 aliphatic rings. The summed E-state index contributed by atoms with van der Waals surface area (Å²) in [7, 11) is 1.45. The highest BCUT2D eigenvalue weighted by Crippen LogP contribution is 2.33. The van der Waals surface area contributed by atoms with Gasteiger partial charge >= 0.3 is 6.18 Å². The highest BCUT2D eigenvalue weighted by atomic mass is 19.4. The fourth-order valence-electron chi connectivity index (χ4n) is 2.53. The van der Waals surface area contributed by atoms with Crippen molar-refractivity contribution < 1.29 is 18.0 Å². The molecule has 1 heterocycles. The topological polar surface area (TPSA) is 32.3 Å². The Bertz CT molecular complexity index is 310. The summed E-state index contributed by atoms with van der Waals surface area (Å²) in [4.78, 5) is 13.5. The van der Waals surface area contributed by atoms with Gasteiger partial charge in [-0.1, -0.05) is 13.8 Å². The van der Waals surface area contributed by atoms with Gasteiger partial charge in [-0.05, 0) is 31.8 Å². The lowest BCUT2D eigenvalue weighted by atomic mass is 9.74. The van der Waals surface area contributed by atoms with Crippen LogP contribution in [0.4, 0.5) is 13.2 Å². The molecular weight excluding hydrogens is 257 g/mol. The van der Waals surface area contributed by atoms with Crippen LogP contribution in [0.2, 0.25) is 0 Å². The summed E-state index contributed by atoms with van der Waals surface area (Å²) in [6, 6.07) is 0. The van der Waals surface area contributed by atoms with E-state index in [2.05, 4.69) is 5.32 Å². The predicted octanol–water partition coefficient (Wildman–Crippen LogP) is 2.42. The van der Waals surface area contributed by atoms with Gasteiger partial charge in [-0.3, -0.25) is 4.79 Å². The number of hydrogen-bond donors (Lipinski definition) is 1. The van der Waals surface area contributed by atoms with Crippen LogP contribution in [0.15, 0.2) is 0 Å². The van der Waals surface area contributed by atoms with Gasteiger partial charge < -0.3 is 10.2 Å². The van der Waals surface area contributed by atoms with E-state index in [-0.39, 0.29) is 18.4 Å². The van der Waals surface area contributed by atoms with Crippen LogP contribution in [0.5, 0.6) is 0 Å². The molecule has 1 unspecified atom stereocenters. The molecule has 3 nitrogen and oxygen atoms in total. The molecular formula is C13H23F3N2O. The number of halogens is 3. The third-order valence-electron chi connectivity index (χ3n) is 3.95. The Morgan fingerprint density at radius 2 is 2.00 bits per heavy atom. The monoisotopic (exact) mass is 280 g/mol. The second-order valence-electron chi connectivity index (χ2n) is 5.86. The molecule has 1 fully saturated rings. The van der Waals surface area contributed by atoms with Crippen molar-refractivity contribution in [3.8, 4) is 0 Å². The first-order chi connectivity index (χ1) is 8.64. The van der Waals surface area contributed by atoms with Crippen molar-refractivity contribution >= 4 is 5.91 Å². The number of piperidine rings is 1. The molecule has 6 heteroatoms. The lowest BCUT2D eigenvalue weighted by Gasteiger charge is -2.38. The first-order valence-electron chi connectivity index (χ1n) is 6.67. The molecule has 0 aromatic carbocycles. The lowest BCUT2D eigenvalue weighted by Crippen LogP contribution is -2.48. The minimum Gasteiger partial charge on any atom is -0.345 e. The van der Waals surface area contributed by atoms with Gasteiger partial charge in [-0.25, -0.2) is 0 Å². The normalized spacial score (nSPS) is 21.3. The predicted molar refractivity (Wildman–Crippen MR) is 67.7 cm³/mol. The summed E-state index contributed by atoms with van der Waals surface area (Å²) >= 11 is 0. The lowest BCUT2D eigenvalue weighted by molar-refractivity contribution is -0.151. The SMILES string of the molecule is CN(CCC(F)(F)F)C(=O)C(C)(C)C1CCCNC1. The van der Waals surface area contributed by atoms with Gasteiger partial charge in [0.2, 0.25) is 5.91 Å². The third kappa shape index (κ3) is 4.67. The van der Waals surface area contributed by atoms with Gasteiger partial charge in [0.05, 0.1) is 6.42 Å². The van der Waals surface area contributed by atoms with E-state index in [4.69, 9.17) is 0 Å². The molecule has 0 saturated carbocycles. The van der Waals surface area contributed by atoms with Crippen molar-refractivity contribution in [3.05, 3.63) is 0 Å². The van der Waals surface area contributed by atoms with E-state index < -0.39 is 18.0 Å². The van der Waals surface area contributed by atoms with Crippen LogP contribution < -0.4 is 5.32 Å². The van der Waals surface area contributed by atoms with E-state index in [1.807, 2.05) is 13.8 Å². The molecule has 1 atom stereocenters. The highest BCUT2D eigenvalue weighted by molar-refractivity contribution is 5.82. The Labute approximate surface area is 112 Å². The number of amides is 1. The first kappa shape index (κ1) is 16.3. The maximum absolute atomic E-state index is 12.3. The Hall–Kier alpha value is -0.780. The maximum Gasteiger partial charge on any atom is 0.390 e. The molecule has 0 aliphatic carbocycles. The summed E-state index contributed by atoms with van der Waals surface area (Å²) < 4.78 is 36.5. The Balaban J connectivity index is 2.58. The first-order valence-corrected chi connectivity index (χ1v) is 6.67. The van der Waals surface area contributed by atoms with Gasteiger partial charge in [-0.2, -0.15) is 13.2 Å².